The first kappa shape index (κ1) is 22.9. The van der Waals surface area contributed by atoms with E-state index in [9.17, 15) is 9.59 Å². The van der Waals surface area contributed by atoms with Crippen molar-refractivity contribution < 1.29 is 19.1 Å². The number of ether oxygens (including phenoxy) is 2. The Kier molecular flexibility index (Phi) is 8.39. The van der Waals surface area contributed by atoms with Gasteiger partial charge in [0.25, 0.3) is 0 Å². The van der Waals surface area contributed by atoms with Crippen LogP contribution in [0.15, 0.2) is 0 Å². The lowest BCUT2D eigenvalue weighted by atomic mass is 9.88. The smallest absolute Gasteiger partial charge is 0.323 e. The van der Waals surface area contributed by atoms with E-state index >= 15 is 0 Å². The Morgan fingerprint density at radius 2 is 1.00 bits per heavy atom. The Hall–Kier alpha value is -1.14. The van der Waals surface area contributed by atoms with Crippen molar-refractivity contribution in [1.29, 1.82) is 0 Å². The van der Waals surface area contributed by atoms with Gasteiger partial charge in [0.1, 0.15) is 23.3 Å². The third kappa shape index (κ3) is 7.18. The summed E-state index contributed by atoms with van der Waals surface area (Å²) in [6, 6.07) is -1.39. The Morgan fingerprint density at radius 3 is 1.21 bits per heavy atom. The third-order valence-corrected chi connectivity index (χ3v) is 4.22. The van der Waals surface area contributed by atoms with Gasteiger partial charge >= 0.3 is 11.9 Å². The maximum Gasteiger partial charge on any atom is 0.323 e. The molecule has 0 saturated carbocycles. The number of hydrogen-bond donors (Lipinski definition) is 2. The number of rotatable bonds is 9. The van der Waals surface area contributed by atoms with Crippen molar-refractivity contribution >= 4 is 11.9 Å². The molecule has 6 heteroatoms. The Morgan fingerprint density at radius 1 is 0.750 bits per heavy atom. The van der Waals surface area contributed by atoms with Gasteiger partial charge in [0.15, 0.2) is 0 Å². The molecule has 0 aromatic carbocycles. The summed E-state index contributed by atoms with van der Waals surface area (Å²) in [6.45, 7) is 14.8. The lowest BCUT2D eigenvalue weighted by Gasteiger charge is -2.41. The van der Waals surface area contributed by atoms with Crippen LogP contribution < -0.4 is 11.5 Å². The van der Waals surface area contributed by atoms with Gasteiger partial charge in [-0.1, -0.05) is 27.7 Å². The van der Waals surface area contributed by atoms with E-state index in [1.54, 1.807) is 27.7 Å². The normalized spacial score (nSPS) is 15.3. The molecule has 0 aliphatic carbocycles. The van der Waals surface area contributed by atoms with Crippen molar-refractivity contribution in [3.05, 3.63) is 0 Å². The quantitative estimate of drug-likeness (QED) is 0.622. The molecule has 0 aliphatic heterocycles. The molecule has 6 nitrogen and oxygen atoms in total. The van der Waals surface area contributed by atoms with E-state index in [1.807, 2.05) is 27.7 Å². The molecule has 0 heterocycles. The molecule has 0 bridgehead atoms. The SMILES string of the molecule is CC(C)CC(N)C(=O)OC(C)(C)C(C)(C)OC(=O)C(N)CC(C)C. The highest BCUT2D eigenvalue weighted by molar-refractivity contribution is 5.77. The van der Waals surface area contributed by atoms with E-state index < -0.39 is 35.2 Å². The second-order valence-corrected chi connectivity index (χ2v) is 8.33. The van der Waals surface area contributed by atoms with E-state index in [0.29, 0.717) is 12.8 Å². The molecule has 2 unspecified atom stereocenters. The highest BCUT2D eigenvalue weighted by atomic mass is 16.6. The number of carbonyl (C=O) groups excluding carboxylic acids is 2. The summed E-state index contributed by atoms with van der Waals surface area (Å²) in [4.78, 5) is 24.4. The van der Waals surface area contributed by atoms with E-state index in [-0.39, 0.29) is 11.8 Å². The van der Waals surface area contributed by atoms with E-state index in [0.717, 1.165) is 0 Å². The molecule has 142 valence electrons. The number of hydrogen-bond acceptors (Lipinski definition) is 6. The summed E-state index contributed by atoms with van der Waals surface area (Å²) in [5, 5.41) is 0. The predicted molar refractivity (Wildman–Crippen MR) is 95.2 cm³/mol. The van der Waals surface area contributed by atoms with Gasteiger partial charge in [0, 0.05) is 0 Å². The molecule has 4 N–H and O–H groups in total. The van der Waals surface area contributed by atoms with Crippen molar-refractivity contribution in [1.82, 2.24) is 0 Å². The summed E-state index contributed by atoms with van der Waals surface area (Å²) in [7, 11) is 0. The van der Waals surface area contributed by atoms with Crippen LogP contribution in [0.3, 0.4) is 0 Å². The van der Waals surface area contributed by atoms with Crippen LogP contribution in [0.2, 0.25) is 0 Å². The zero-order valence-corrected chi connectivity index (χ0v) is 16.5. The first-order chi connectivity index (χ1) is 10.7. The van der Waals surface area contributed by atoms with E-state index in [4.69, 9.17) is 20.9 Å². The summed E-state index contributed by atoms with van der Waals surface area (Å²) < 4.78 is 11.1. The highest BCUT2D eigenvalue weighted by Crippen LogP contribution is 2.30. The zero-order chi connectivity index (χ0) is 19.3. The number of esters is 2. The van der Waals surface area contributed by atoms with Gasteiger partial charge in [-0.15, -0.1) is 0 Å². The highest BCUT2D eigenvalue weighted by Gasteiger charge is 2.45. The molecule has 0 aliphatic rings. The van der Waals surface area contributed by atoms with Gasteiger partial charge in [-0.3, -0.25) is 9.59 Å². The lowest BCUT2D eigenvalue weighted by Crippen LogP contribution is -2.55. The van der Waals surface area contributed by atoms with Crippen LogP contribution in [-0.2, 0) is 19.1 Å². The van der Waals surface area contributed by atoms with Crippen LogP contribution in [0.4, 0.5) is 0 Å². The minimum atomic E-state index is -1.04. The summed E-state index contributed by atoms with van der Waals surface area (Å²) in [5.41, 5.74) is 9.67. The van der Waals surface area contributed by atoms with Crippen molar-refractivity contribution in [2.24, 2.45) is 23.3 Å². The van der Waals surface area contributed by atoms with Crippen molar-refractivity contribution in [2.45, 2.75) is 91.5 Å². The maximum absolute atomic E-state index is 12.2. The minimum absolute atomic E-state index is 0.288. The summed E-state index contributed by atoms with van der Waals surface area (Å²) in [5.74, 6) is -0.417. The van der Waals surface area contributed by atoms with Crippen LogP contribution in [-0.4, -0.2) is 35.2 Å². The van der Waals surface area contributed by atoms with Crippen molar-refractivity contribution in [3.63, 3.8) is 0 Å². The van der Waals surface area contributed by atoms with Gasteiger partial charge in [-0.05, 0) is 52.4 Å². The van der Waals surface area contributed by atoms with Crippen LogP contribution in [0, 0.1) is 11.8 Å². The monoisotopic (exact) mass is 344 g/mol. The lowest BCUT2D eigenvalue weighted by molar-refractivity contribution is -0.201. The summed E-state index contributed by atoms with van der Waals surface area (Å²) in [6.07, 6.45) is 1.07. The molecular weight excluding hydrogens is 308 g/mol. The molecule has 0 rings (SSSR count). The topological polar surface area (TPSA) is 105 Å². The van der Waals surface area contributed by atoms with Crippen LogP contribution >= 0.6 is 0 Å². The molecule has 0 spiro atoms. The largest absolute Gasteiger partial charge is 0.454 e. The molecular formula is C18H36N2O4. The predicted octanol–water partition coefficient (Wildman–Crippen LogP) is 2.38. The molecule has 0 radical (unpaired) electrons. The van der Waals surface area contributed by atoms with E-state index in [2.05, 4.69) is 0 Å². The van der Waals surface area contributed by atoms with Crippen molar-refractivity contribution in [2.75, 3.05) is 0 Å². The fourth-order valence-corrected chi connectivity index (χ4v) is 2.11. The standard InChI is InChI=1S/C18H36N2O4/c1-11(2)9-13(19)15(21)23-17(5,6)18(7,8)24-16(22)14(20)10-12(3)4/h11-14H,9-10,19-20H2,1-8H3. The molecule has 0 aromatic heterocycles. The second kappa shape index (κ2) is 8.81. The maximum atomic E-state index is 12.2. The molecule has 0 amide bonds. The van der Waals surface area contributed by atoms with Crippen LogP contribution in [0.25, 0.3) is 0 Å². The number of nitrogens with two attached hydrogens (primary N) is 2. The fourth-order valence-electron chi connectivity index (χ4n) is 2.11. The molecule has 0 aromatic rings. The van der Waals surface area contributed by atoms with Gasteiger partial charge < -0.3 is 20.9 Å². The minimum Gasteiger partial charge on any atom is -0.454 e. The average molecular weight is 344 g/mol. The third-order valence-electron chi connectivity index (χ3n) is 4.22. The van der Waals surface area contributed by atoms with E-state index in [1.165, 1.54) is 0 Å². The van der Waals surface area contributed by atoms with Gasteiger partial charge in [-0.25, -0.2) is 0 Å². The van der Waals surface area contributed by atoms with Gasteiger partial charge in [0.05, 0.1) is 0 Å². The average Bonchev–Trinajstić information content (AvgIpc) is 2.35. The Bertz CT molecular complexity index is 391. The van der Waals surface area contributed by atoms with Crippen LogP contribution in [0.1, 0.15) is 68.2 Å². The van der Waals surface area contributed by atoms with Gasteiger partial charge in [-0.2, -0.15) is 0 Å². The molecule has 2 atom stereocenters. The Balaban J connectivity index is 4.91. The fraction of sp³-hybridized carbons (Fsp3) is 0.889. The molecule has 24 heavy (non-hydrogen) atoms. The zero-order valence-electron chi connectivity index (χ0n) is 16.5. The van der Waals surface area contributed by atoms with Gasteiger partial charge in [0.2, 0.25) is 0 Å². The number of carbonyl (C=O) groups is 2. The second-order valence-electron chi connectivity index (χ2n) is 8.33. The molecule has 0 fully saturated rings. The molecule has 0 saturated heterocycles. The summed E-state index contributed by atoms with van der Waals surface area (Å²) >= 11 is 0. The Labute approximate surface area is 146 Å². The first-order valence-corrected chi connectivity index (χ1v) is 8.66. The van der Waals surface area contributed by atoms with Crippen molar-refractivity contribution in [3.8, 4) is 0 Å². The first-order valence-electron chi connectivity index (χ1n) is 8.66. The van der Waals surface area contributed by atoms with Crippen LogP contribution in [0.5, 0.6) is 0 Å².